The highest BCUT2D eigenvalue weighted by molar-refractivity contribution is 6.30. The Kier molecular flexibility index (Phi) is 5.54. The average Bonchev–Trinajstić information content (AvgIpc) is 2.77. The van der Waals surface area contributed by atoms with E-state index < -0.39 is 0 Å². The molecule has 4 aromatic rings. The van der Waals surface area contributed by atoms with Crippen molar-refractivity contribution in [3.8, 4) is 0 Å². The Morgan fingerprint density at radius 1 is 0.429 bits per heavy atom. The minimum atomic E-state index is 0.728. The number of benzene rings is 4. The normalized spacial score (nSPS) is 10.2. The summed E-state index contributed by atoms with van der Waals surface area (Å²) < 4.78 is 0. The highest BCUT2D eigenvalue weighted by Crippen LogP contribution is 2.28. The van der Waals surface area contributed by atoms with Crippen LogP contribution in [-0.4, -0.2) is 0 Å². The topological polar surface area (TPSA) is 0 Å². The summed E-state index contributed by atoms with van der Waals surface area (Å²) >= 11 is 6.13. The van der Waals surface area contributed by atoms with Gasteiger partial charge < -0.3 is 0 Å². The molecule has 134 valence electrons. The van der Waals surface area contributed by atoms with Crippen molar-refractivity contribution in [2.24, 2.45) is 0 Å². The van der Waals surface area contributed by atoms with E-state index in [1.165, 1.54) is 0 Å². The molecule has 0 aromatic heterocycles. The number of hydrogen-bond acceptors (Lipinski definition) is 0. The summed E-state index contributed by atoms with van der Waals surface area (Å²) in [6, 6.07) is 39.1. The van der Waals surface area contributed by atoms with Gasteiger partial charge in [-0.2, -0.15) is 0 Å². The molecule has 0 N–H and O–H groups in total. The second-order valence-electron chi connectivity index (χ2n) is 6.48. The summed E-state index contributed by atoms with van der Waals surface area (Å²) in [5.41, 5.74) is 10.3. The Morgan fingerprint density at radius 2 is 0.750 bits per heavy atom. The Labute approximate surface area is 171 Å². The molecule has 0 unspecified atom stereocenters. The molecule has 28 heavy (non-hydrogen) atoms. The van der Waals surface area contributed by atoms with Crippen LogP contribution in [-0.2, 0) is 0 Å². The number of hydrogen-bond donors (Lipinski definition) is 0. The van der Waals surface area contributed by atoms with E-state index in [1.807, 2.05) is 42.5 Å². The van der Waals surface area contributed by atoms with Crippen LogP contribution in [0, 0.1) is 0 Å². The van der Waals surface area contributed by atoms with Crippen molar-refractivity contribution in [2.75, 3.05) is 0 Å². The fourth-order valence-electron chi connectivity index (χ4n) is 3.18. The Balaban J connectivity index is 2.04. The van der Waals surface area contributed by atoms with Gasteiger partial charge in [0.2, 0.25) is 0 Å². The van der Waals surface area contributed by atoms with E-state index in [1.54, 1.807) is 0 Å². The summed E-state index contributed by atoms with van der Waals surface area (Å²) in [6.45, 7) is 0. The van der Waals surface area contributed by atoms with E-state index in [0.717, 1.165) is 38.4 Å². The zero-order chi connectivity index (χ0) is 19.2. The first kappa shape index (κ1) is 18.1. The van der Waals surface area contributed by atoms with Crippen LogP contribution in [0.25, 0.3) is 11.1 Å². The molecule has 0 saturated heterocycles. The van der Waals surface area contributed by atoms with Gasteiger partial charge in [0.15, 0.2) is 0 Å². The molecule has 0 nitrogen and oxygen atoms in total. The molecular weight excluding hydrogens is 360 g/mol. The first-order chi connectivity index (χ1) is 13.8. The summed E-state index contributed by atoms with van der Waals surface area (Å²) in [7, 11) is 0. The largest absolute Gasteiger partial charge is 0.102 e. The first-order valence-electron chi connectivity index (χ1n) is 9.24. The molecular formula is C27H19Cl. The minimum Gasteiger partial charge on any atom is -0.102 e. The molecule has 0 atom stereocenters. The second kappa shape index (κ2) is 8.59. The summed E-state index contributed by atoms with van der Waals surface area (Å²) in [5, 5.41) is 0.728. The van der Waals surface area contributed by atoms with Crippen molar-refractivity contribution in [1.82, 2.24) is 0 Å². The lowest BCUT2D eigenvalue weighted by atomic mass is 9.93. The van der Waals surface area contributed by atoms with Crippen LogP contribution in [0.5, 0.6) is 0 Å². The molecule has 4 rings (SSSR count). The van der Waals surface area contributed by atoms with Gasteiger partial charge in [0.05, 0.1) is 0 Å². The van der Waals surface area contributed by atoms with Gasteiger partial charge in [-0.3, -0.25) is 0 Å². The summed E-state index contributed by atoms with van der Waals surface area (Å²) in [4.78, 5) is 0. The molecule has 0 aliphatic rings. The van der Waals surface area contributed by atoms with Crippen LogP contribution in [0.4, 0.5) is 0 Å². The van der Waals surface area contributed by atoms with Crippen molar-refractivity contribution in [3.63, 3.8) is 0 Å². The third-order valence-electron chi connectivity index (χ3n) is 4.57. The Morgan fingerprint density at radius 3 is 1.11 bits per heavy atom. The maximum absolute atomic E-state index is 6.13. The molecule has 0 amide bonds. The Hall–Kier alpha value is -3.31. The van der Waals surface area contributed by atoms with Crippen LogP contribution in [0.3, 0.4) is 0 Å². The van der Waals surface area contributed by atoms with Crippen molar-refractivity contribution in [2.45, 2.75) is 0 Å². The van der Waals surface area contributed by atoms with Crippen LogP contribution in [0.1, 0.15) is 22.3 Å². The third kappa shape index (κ3) is 4.15. The highest BCUT2D eigenvalue weighted by Gasteiger charge is 2.08. The van der Waals surface area contributed by atoms with Gasteiger partial charge >= 0.3 is 0 Å². The Bertz CT molecular complexity index is 1060. The lowest BCUT2D eigenvalue weighted by Gasteiger charge is -2.10. The quantitative estimate of drug-likeness (QED) is 0.322. The standard InChI is InChI=1S/C27H19Cl/c28-25-18-16-24(17-19-25)27(23-14-8-3-9-15-23)20-26(21-10-4-1-5-11-21)22-12-6-2-7-13-22/h1-19H. The van der Waals surface area contributed by atoms with Gasteiger partial charge in [-0.15, -0.1) is 5.73 Å². The van der Waals surface area contributed by atoms with E-state index in [4.69, 9.17) is 11.6 Å². The fourth-order valence-corrected chi connectivity index (χ4v) is 3.30. The van der Waals surface area contributed by atoms with E-state index in [2.05, 4.69) is 78.5 Å². The molecule has 0 bridgehead atoms. The average molecular weight is 379 g/mol. The molecule has 0 aliphatic carbocycles. The summed E-state index contributed by atoms with van der Waals surface area (Å²) in [6.07, 6.45) is 0. The zero-order valence-electron chi connectivity index (χ0n) is 15.3. The maximum atomic E-state index is 6.13. The molecule has 0 saturated carbocycles. The molecule has 0 fully saturated rings. The smallest absolute Gasteiger partial charge is 0.0406 e. The van der Waals surface area contributed by atoms with Gasteiger partial charge in [0.25, 0.3) is 0 Å². The van der Waals surface area contributed by atoms with Crippen LogP contribution in [0.15, 0.2) is 121 Å². The molecule has 0 aliphatic heterocycles. The van der Waals surface area contributed by atoms with E-state index in [-0.39, 0.29) is 0 Å². The molecule has 4 aromatic carbocycles. The van der Waals surface area contributed by atoms with E-state index >= 15 is 0 Å². The van der Waals surface area contributed by atoms with Crippen LogP contribution >= 0.6 is 11.6 Å². The third-order valence-corrected chi connectivity index (χ3v) is 4.82. The highest BCUT2D eigenvalue weighted by atomic mass is 35.5. The molecule has 0 radical (unpaired) electrons. The molecule has 1 heteroatoms. The number of halogens is 1. The number of rotatable bonds is 4. The van der Waals surface area contributed by atoms with Gasteiger partial charge in [0, 0.05) is 16.2 Å². The minimum absolute atomic E-state index is 0.728. The van der Waals surface area contributed by atoms with Gasteiger partial charge in [-0.25, -0.2) is 0 Å². The van der Waals surface area contributed by atoms with Crippen molar-refractivity contribution in [1.29, 1.82) is 0 Å². The van der Waals surface area contributed by atoms with Crippen LogP contribution < -0.4 is 0 Å². The monoisotopic (exact) mass is 378 g/mol. The van der Waals surface area contributed by atoms with Gasteiger partial charge in [-0.05, 0) is 34.4 Å². The van der Waals surface area contributed by atoms with Gasteiger partial charge in [-0.1, -0.05) is 115 Å². The van der Waals surface area contributed by atoms with Crippen molar-refractivity contribution >= 4 is 22.7 Å². The van der Waals surface area contributed by atoms with E-state index in [0.29, 0.717) is 0 Å². The van der Waals surface area contributed by atoms with Crippen molar-refractivity contribution in [3.05, 3.63) is 148 Å². The fraction of sp³-hybridized carbons (Fsp3) is 0. The lowest BCUT2D eigenvalue weighted by Crippen LogP contribution is -1.90. The van der Waals surface area contributed by atoms with Crippen molar-refractivity contribution < 1.29 is 0 Å². The second-order valence-corrected chi connectivity index (χ2v) is 6.92. The lowest BCUT2D eigenvalue weighted by molar-refractivity contribution is 1.53. The predicted molar refractivity (Wildman–Crippen MR) is 119 cm³/mol. The maximum Gasteiger partial charge on any atom is 0.0406 e. The predicted octanol–water partition coefficient (Wildman–Crippen LogP) is 7.50. The van der Waals surface area contributed by atoms with Crippen LogP contribution in [0.2, 0.25) is 5.02 Å². The first-order valence-corrected chi connectivity index (χ1v) is 9.62. The zero-order valence-corrected chi connectivity index (χ0v) is 16.1. The SMILES string of the molecule is Clc1ccc(C(=C=C(c2ccccc2)c2ccccc2)c2ccccc2)cc1. The molecule has 0 spiro atoms. The summed E-state index contributed by atoms with van der Waals surface area (Å²) in [5.74, 6) is 0. The molecule has 0 heterocycles. The van der Waals surface area contributed by atoms with E-state index in [9.17, 15) is 0 Å². The van der Waals surface area contributed by atoms with Gasteiger partial charge in [0.1, 0.15) is 0 Å².